The molecule has 0 bridgehead atoms. The number of hydrogen-bond donors (Lipinski definition) is 0. The van der Waals surface area contributed by atoms with Gasteiger partial charge in [0, 0.05) is 53.9 Å². The zero-order valence-corrected chi connectivity index (χ0v) is 23.6. The Morgan fingerprint density at radius 1 is 0.923 bits per heavy atom. The van der Waals surface area contributed by atoms with E-state index in [0.717, 1.165) is 88.6 Å². The Morgan fingerprint density at radius 3 is 2.33 bits per heavy atom. The van der Waals surface area contributed by atoms with Crippen molar-refractivity contribution in [2.75, 3.05) is 26.3 Å². The number of imidazole rings is 1. The first kappa shape index (κ1) is 24.9. The van der Waals surface area contributed by atoms with Crippen LogP contribution < -0.4 is 0 Å². The number of fused-ring (bicyclic) bond motifs is 3. The van der Waals surface area contributed by atoms with Crippen LogP contribution in [0.5, 0.6) is 0 Å². The van der Waals surface area contributed by atoms with Crippen LogP contribution in [-0.2, 0) is 10.2 Å². The first-order valence-electron chi connectivity index (χ1n) is 14.0. The predicted octanol–water partition coefficient (Wildman–Crippen LogP) is 6.32. The molecule has 1 aliphatic carbocycles. The number of nitrogens with zero attached hydrogens (tertiary/aromatic N) is 6. The summed E-state index contributed by atoms with van der Waals surface area (Å²) in [6.07, 6.45) is 8.82. The third kappa shape index (κ3) is 4.77. The molecule has 2 fully saturated rings. The van der Waals surface area contributed by atoms with E-state index in [1.165, 1.54) is 12.8 Å². The number of rotatable bonds is 4. The lowest BCUT2D eigenvalue weighted by Crippen LogP contribution is -2.44. The summed E-state index contributed by atoms with van der Waals surface area (Å²) >= 11 is 1.64. The Labute approximate surface area is 232 Å². The molecule has 2 aliphatic rings. The lowest BCUT2D eigenvalue weighted by atomic mass is 9.84. The van der Waals surface area contributed by atoms with Crippen LogP contribution in [0.15, 0.2) is 47.2 Å². The van der Waals surface area contributed by atoms with Crippen LogP contribution in [-0.4, -0.2) is 61.8 Å². The number of aromatic nitrogens is 5. The van der Waals surface area contributed by atoms with E-state index in [1.54, 1.807) is 11.3 Å². The van der Waals surface area contributed by atoms with Gasteiger partial charge in [-0.15, -0.1) is 0 Å². The van der Waals surface area contributed by atoms with Crippen molar-refractivity contribution in [1.29, 1.82) is 0 Å². The molecule has 1 saturated carbocycles. The molecule has 0 amide bonds. The summed E-state index contributed by atoms with van der Waals surface area (Å²) in [5.74, 6) is 2.32. The van der Waals surface area contributed by atoms with Gasteiger partial charge in [0.05, 0.1) is 25.1 Å². The van der Waals surface area contributed by atoms with Crippen molar-refractivity contribution in [2.45, 2.75) is 63.8 Å². The second-order valence-electron chi connectivity index (χ2n) is 11.9. The lowest BCUT2D eigenvalue weighted by Gasteiger charge is -2.38. The van der Waals surface area contributed by atoms with Gasteiger partial charge in [-0.2, -0.15) is 0 Å². The van der Waals surface area contributed by atoms with E-state index >= 15 is 0 Å². The first-order chi connectivity index (χ1) is 18.9. The van der Waals surface area contributed by atoms with Crippen LogP contribution >= 0.6 is 11.3 Å². The van der Waals surface area contributed by atoms with Crippen LogP contribution in [0, 0.1) is 0 Å². The van der Waals surface area contributed by atoms with Gasteiger partial charge in [-0.3, -0.25) is 9.30 Å². The summed E-state index contributed by atoms with van der Waals surface area (Å²) < 4.78 is 13.2. The standard InChI is InChI=1S/C30H34N6O2S/c1-30(2,3)26-16-23(34-38-26)19-4-6-20(7-5-19)24-18-36-25-17-31-27(33-28(25)39-29(36)32-24)21-8-10-22(11-9-21)35-12-14-37-15-13-35/h4-7,16-18,21-22H,8-15H2,1-3H3/t21-,22+. The third-order valence-electron chi connectivity index (χ3n) is 8.23. The van der Waals surface area contributed by atoms with E-state index in [-0.39, 0.29) is 5.41 Å². The fraction of sp³-hybridized carbons (Fsp3) is 0.467. The molecule has 0 N–H and O–H groups in total. The predicted molar refractivity (Wildman–Crippen MR) is 153 cm³/mol. The second-order valence-corrected chi connectivity index (χ2v) is 12.8. The number of ether oxygens (including phenoxy) is 1. The minimum Gasteiger partial charge on any atom is -0.379 e. The van der Waals surface area contributed by atoms with Gasteiger partial charge in [0.1, 0.15) is 27.6 Å². The van der Waals surface area contributed by atoms with E-state index < -0.39 is 0 Å². The molecule has 0 spiro atoms. The van der Waals surface area contributed by atoms with E-state index in [4.69, 9.17) is 24.2 Å². The minimum atomic E-state index is -0.0663. The van der Waals surface area contributed by atoms with E-state index in [9.17, 15) is 0 Å². The zero-order valence-electron chi connectivity index (χ0n) is 22.8. The topological polar surface area (TPSA) is 81.6 Å². The molecule has 0 atom stereocenters. The van der Waals surface area contributed by atoms with Crippen molar-refractivity contribution >= 4 is 26.6 Å². The fourth-order valence-electron chi connectivity index (χ4n) is 5.86. The average Bonchev–Trinajstić information content (AvgIpc) is 3.69. The lowest BCUT2D eigenvalue weighted by molar-refractivity contribution is 0.00712. The average molecular weight is 543 g/mol. The van der Waals surface area contributed by atoms with E-state index in [1.807, 2.05) is 12.3 Å². The number of thiazole rings is 1. The highest BCUT2D eigenvalue weighted by Crippen LogP contribution is 2.36. The van der Waals surface area contributed by atoms with Crippen molar-refractivity contribution in [3.8, 4) is 22.5 Å². The molecule has 4 aromatic heterocycles. The molecular formula is C30H34N6O2S. The quantitative estimate of drug-likeness (QED) is 0.263. The van der Waals surface area contributed by atoms with Gasteiger partial charge >= 0.3 is 0 Å². The summed E-state index contributed by atoms with van der Waals surface area (Å²) in [6, 6.07) is 11.1. The highest BCUT2D eigenvalue weighted by molar-refractivity contribution is 7.23. The van der Waals surface area contributed by atoms with Crippen molar-refractivity contribution in [2.24, 2.45) is 0 Å². The molecule has 0 radical (unpaired) electrons. The monoisotopic (exact) mass is 542 g/mol. The van der Waals surface area contributed by atoms with Gasteiger partial charge in [-0.25, -0.2) is 15.0 Å². The van der Waals surface area contributed by atoms with E-state index in [2.05, 4.69) is 65.7 Å². The Bertz CT molecular complexity index is 1600. The Balaban J connectivity index is 1.07. The van der Waals surface area contributed by atoms with Gasteiger partial charge in [0.25, 0.3) is 0 Å². The van der Waals surface area contributed by atoms with Crippen LogP contribution in [0.4, 0.5) is 0 Å². The summed E-state index contributed by atoms with van der Waals surface area (Å²) in [4.78, 5) is 19.3. The van der Waals surface area contributed by atoms with Gasteiger partial charge < -0.3 is 9.26 Å². The molecule has 1 aromatic carbocycles. The molecule has 39 heavy (non-hydrogen) atoms. The maximum atomic E-state index is 5.56. The Kier molecular flexibility index (Phi) is 6.25. The van der Waals surface area contributed by atoms with E-state index in [0.29, 0.717) is 12.0 Å². The van der Waals surface area contributed by atoms with Crippen LogP contribution in [0.25, 0.3) is 37.8 Å². The highest BCUT2D eigenvalue weighted by Gasteiger charge is 2.29. The summed E-state index contributed by atoms with van der Waals surface area (Å²) in [5, 5.41) is 4.27. The molecule has 202 valence electrons. The minimum absolute atomic E-state index is 0.0663. The largest absolute Gasteiger partial charge is 0.379 e. The molecule has 1 aliphatic heterocycles. The summed E-state index contributed by atoms with van der Waals surface area (Å²) in [7, 11) is 0. The number of hydrogen-bond acceptors (Lipinski definition) is 8. The maximum absolute atomic E-state index is 5.56. The molecular weight excluding hydrogens is 508 g/mol. The normalized spacial score (nSPS) is 21.2. The van der Waals surface area contributed by atoms with Gasteiger partial charge in [0.15, 0.2) is 4.96 Å². The Hall–Kier alpha value is -3.14. The smallest absolute Gasteiger partial charge is 0.196 e. The fourth-order valence-corrected chi connectivity index (χ4v) is 6.82. The molecule has 5 heterocycles. The van der Waals surface area contributed by atoms with Crippen molar-refractivity contribution < 1.29 is 9.26 Å². The number of morpholine rings is 1. The summed E-state index contributed by atoms with van der Waals surface area (Å²) in [5.41, 5.74) is 4.85. The molecule has 9 heteroatoms. The molecule has 1 saturated heterocycles. The zero-order chi connectivity index (χ0) is 26.6. The van der Waals surface area contributed by atoms with Gasteiger partial charge in [-0.1, -0.05) is 61.5 Å². The van der Waals surface area contributed by atoms with Crippen LogP contribution in [0.2, 0.25) is 0 Å². The van der Waals surface area contributed by atoms with Crippen LogP contribution in [0.3, 0.4) is 0 Å². The molecule has 7 rings (SSSR count). The SMILES string of the molecule is CC(C)(C)c1cc(-c2ccc(-c3cn4c(n3)sc3nc([C@H]5CC[C@@H](N6CCOCC6)CC5)ncc34)cc2)no1. The van der Waals surface area contributed by atoms with Gasteiger partial charge in [0.2, 0.25) is 0 Å². The van der Waals surface area contributed by atoms with Crippen LogP contribution in [0.1, 0.15) is 64.0 Å². The van der Waals surface area contributed by atoms with Crippen molar-refractivity contribution in [1.82, 2.24) is 29.4 Å². The third-order valence-corrected chi connectivity index (χ3v) is 9.19. The Morgan fingerprint density at radius 2 is 1.64 bits per heavy atom. The molecule has 0 unspecified atom stereocenters. The number of benzene rings is 1. The van der Waals surface area contributed by atoms with Crippen molar-refractivity contribution in [3.63, 3.8) is 0 Å². The first-order valence-corrected chi connectivity index (χ1v) is 14.8. The maximum Gasteiger partial charge on any atom is 0.196 e. The second kappa shape index (κ2) is 9.80. The summed E-state index contributed by atoms with van der Waals surface area (Å²) in [6.45, 7) is 10.2. The molecule has 5 aromatic rings. The highest BCUT2D eigenvalue weighted by atomic mass is 32.1. The molecule has 8 nitrogen and oxygen atoms in total. The van der Waals surface area contributed by atoms with Crippen molar-refractivity contribution in [3.05, 3.63) is 54.3 Å². The van der Waals surface area contributed by atoms with Gasteiger partial charge in [-0.05, 0) is 25.7 Å².